The van der Waals surface area contributed by atoms with Gasteiger partial charge in [-0.15, -0.1) is 11.6 Å². The van der Waals surface area contributed by atoms with Crippen molar-refractivity contribution >= 4 is 17.3 Å². The lowest BCUT2D eigenvalue weighted by Crippen LogP contribution is -2.01. The summed E-state index contributed by atoms with van der Waals surface area (Å²) in [6, 6.07) is 3.84. The first-order valence-electron chi connectivity index (χ1n) is 3.13. The minimum atomic E-state index is 0.620. The number of nitrogens with zero attached hydrogens (tertiary/aromatic N) is 1. The van der Waals surface area contributed by atoms with E-state index in [0.717, 1.165) is 12.2 Å². The maximum Gasteiger partial charge on any atom is 0.0527 e. The quantitative estimate of drug-likeness (QED) is 0.675. The monoisotopic (exact) mass is 156 g/mol. The zero-order valence-corrected chi connectivity index (χ0v) is 6.30. The Labute approximate surface area is 65.2 Å². The Bertz CT molecular complexity index is 176. The number of pyridine rings is 1. The minimum absolute atomic E-state index is 0.620. The highest BCUT2D eigenvalue weighted by Gasteiger charge is 1.85. The van der Waals surface area contributed by atoms with E-state index in [4.69, 9.17) is 11.6 Å². The van der Waals surface area contributed by atoms with E-state index >= 15 is 0 Å². The van der Waals surface area contributed by atoms with Gasteiger partial charge in [-0.05, 0) is 12.1 Å². The predicted octanol–water partition coefficient (Wildman–Crippen LogP) is 1.73. The van der Waals surface area contributed by atoms with Crippen LogP contribution in [0.1, 0.15) is 0 Å². The number of hydrogen-bond acceptors (Lipinski definition) is 2. The summed E-state index contributed by atoms with van der Waals surface area (Å²) in [5, 5.41) is 3.10. The van der Waals surface area contributed by atoms with Gasteiger partial charge in [0.15, 0.2) is 0 Å². The largest absolute Gasteiger partial charge is 0.383 e. The molecule has 0 atom stereocenters. The van der Waals surface area contributed by atoms with Crippen LogP contribution in [-0.2, 0) is 0 Å². The second-order valence-electron chi connectivity index (χ2n) is 1.86. The molecular weight excluding hydrogens is 148 g/mol. The molecule has 2 nitrogen and oxygen atoms in total. The Kier molecular flexibility index (Phi) is 3.03. The van der Waals surface area contributed by atoms with Gasteiger partial charge in [-0.2, -0.15) is 0 Å². The van der Waals surface area contributed by atoms with Gasteiger partial charge >= 0.3 is 0 Å². The Morgan fingerprint density at radius 1 is 1.60 bits per heavy atom. The molecule has 54 valence electrons. The summed E-state index contributed by atoms with van der Waals surface area (Å²) >= 11 is 5.47. The van der Waals surface area contributed by atoms with E-state index in [1.807, 2.05) is 12.1 Å². The molecule has 0 radical (unpaired) electrons. The molecule has 0 aliphatic rings. The maximum absolute atomic E-state index is 5.47. The molecule has 0 aromatic carbocycles. The smallest absolute Gasteiger partial charge is 0.0527 e. The van der Waals surface area contributed by atoms with E-state index in [1.165, 1.54) is 0 Å². The van der Waals surface area contributed by atoms with Gasteiger partial charge in [-0.25, -0.2) is 0 Å². The maximum atomic E-state index is 5.47. The van der Waals surface area contributed by atoms with E-state index in [9.17, 15) is 0 Å². The van der Waals surface area contributed by atoms with Crippen molar-refractivity contribution in [2.75, 3.05) is 17.7 Å². The van der Waals surface area contributed by atoms with Crippen LogP contribution in [0.15, 0.2) is 24.5 Å². The highest BCUT2D eigenvalue weighted by molar-refractivity contribution is 6.18. The average Bonchev–Trinajstić information content (AvgIpc) is 2.03. The summed E-state index contributed by atoms with van der Waals surface area (Å²) in [6.07, 6.45) is 3.51. The lowest BCUT2D eigenvalue weighted by molar-refractivity contribution is 1.20. The van der Waals surface area contributed by atoms with Gasteiger partial charge in [0, 0.05) is 24.8 Å². The summed E-state index contributed by atoms with van der Waals surface area (Å²) in [4.78, 5) is 3.93. The molecule has 1 rings (SSSR count). The number of aromatic nitrogens is 1. The number of hydrogen-bond donors (Lipinski definition) is 1. The molecule has 0 unspecified atom stereocenters. The van der Waals surface area contributed by atoms with Crippen molar-refractivity contribution in [2.24, 2.45) is 0 Å². The van der Waals surface area contributed by atoms with Crippen LogP contribution in [-0.4, -0.2) is 17.4 Å². The van der Waals surface area contributed by atoms with Crippen LogP contribution in [0.3, 0.4) is 0 Å². The molecule has 0 spiro atoms. The lowest BCUT2D eigenvalue weighted by atomic mass is 10.4. The number of rotatable bonds is 3. The lowest BCUT2D eigenvalue weighted by Gasteiger charge is -2.00. The van der Waals surface area contributed by atoms with Crippen molar-refractivity contribution in [3.05, 3.63) is 24.5 Å². The first-order valence-corrected chi connectivity index (χ1v) is 3.67. The van der Waals surface area contributed by atoms with Crippen molar-refractivity contribution in [3.63, 3.8) is 0 Å². The highest BCUT2D eigenvalue weighted by atomic mass is 35.5. The van der Waals surface area contributed by atoms with Crippen molar-refractivity contribution < 1.29 is 0 Å². The summed E-state index contributed by atoms with van der Waals surface area (Å²) in [5.74, 6) is 0.620. The zero-order valence-electron chi connectivity index (χ0n) is 5.55. The van der Waals surface area contributed by atoms with Gasteiger partial charge in [0.05, 0.1) is 5.69 Å². The number of alkyl halides is 1. The van der Waals surface area contributed by atoms with Crippen LogP contribution in [0.25, 0.3) is 0 Å². The molecule has 0 aliphatic heterocycles. The van der Waals surface area contributed by atoms with Crippen LogP contribution >= 0.6 is 11.6 Å². The van der Waals surface area contributed by atoms with E-state index in [2.05, 4.69) is 10.3 Å². The van der Waals surface area contributed by atoms with Gasteiger partial charge in [0.2, 0.25) is 0 Å². The molecule has 10 heavy (non-hydrogen) atoms. The topological polar surface area (TPSA) is 24.9 Å². The van der Waals surface area contributed by atoms with Crippen molar-refractivity contribution in [1.82, 2.24) is 4.98 Å². The van der Waals surface area contributed by atoms with Gasteiger partial charge in [0.25, 0.3) is 0 Å². The first-order chi connectivity index (χ1) is 4.93. The van der Waals surface area contributed by atoms with E-state index < -0.39 is 0 Å². The second kappa shape index (κ2) is 4.12. The molecule has 1 aromatic rings. The molecule has 1 aromatic heterocycles. The molecule has 0 fully saturated rings. The highest BCUT2D eigenvalue weighted by Crippen LogP contribution is 2.00. The number of nitrogens with one attached hydrogen (secondary N) is 1. The Morgan fingerprint density at radius 3 is 3.10 bits per heavy atom. The van der Waals surface area contributed by atoms with E-state index in [1.54, 1.807) is 12.4 Å². The Hall–Kier alpha value is -0.760. The van der Waals surface area contributed by atoms with Crippen LogP contribution < -0.4 is 5.32 Å². The molecule has 0 saturated heterocycles. The van der Waals surface area contributed by atoms with Crippen molar-refractivity contribution in [3.8, 4) is 0 Å². The van der Waals surface area contributed by atoms with Crippen molar-refractivity contribution in [2.45, 2.75) is 0 Å². The average molecular weight is 157 g/mol. The predicted molar refractivity (Wildman–Crippen MR) is 43.4 cm³/mol. The first kappa shape index (κ1) is 7.35. The molecule has 0 aliphatic carbocycles. The van der Waals surface area contributed by atoms with Gasteiger partial charge < -0.3 is 5.32 Å². The normalized spacial score (nSPS) is 9.30. The molecular formula is C7H9ClN2. The fourth-order valence-electron chi connectivity index (χ4n) is 0.659. The minimum Gasteiger partial charge on any atom is -0.383 e. The van der Waals surface area contributed by atoms with Crippen LogP contribution in [0.2, 0.25) is 0 Å². The standard InChI is InChI=1S/C7H9ClN2/c8-3-5-10-7-2-1-4-9-6-7/h1-2,4,6,10H,3,5H2. The van der Waals surface area contributed by atoms with Crippen LogP contribution in [0.5, 0.6) is 0 Å². The van der Waals surface area contributed by atoms with Gasteiger partial charge in [-0.1, -0.05) is 0 Å². The molecule has 3 heteroatoms. The molecule has 0 bridgehead atoms. The van der Waals surface area contributed by atoms with Crippen molar-refractivity contribution in [1.29, 1.82) is 0 Å². The summed E-state index contributed by atoms with van der Waals surface area (Å²) < 4.78 is 0. The summed E-state index contributed by atoms with van der Waals surface area (Å²) in [6.45, 7) is 0.785. The third kappa shape index (κ3) is 2.23. The Balaban J connectivity index is 2.43. The van der Waals surface area contributed by atoms with Crippen LogP contribution in [0.4, 0.5) is 5.69 Å². The summed E-state index contributed by atoms with van der Waals surface area (Å²) in [5.41, 5.74) is 1.02. The third-order valence-corrected chi connectivity index (χ3v) is 1.27. The molecule has 1 N–H and O–H groups in total. The SMILES string of the molecule is ClCCNc1cccnc1. The molecule has 0 saturated carbocycles. The fourth-order valence-corrected chi connectivity index (χ4v) is 0.753. The fraction of sp³-hybridized carbons (Fsp3) is 0.286. The number of halogens is 1. The van der Waals surface area contributed by atoms with Gasteiger partial charge in [0.1, 0.15) is 0 Å². The number of anilines is 1. The van der Waals surface area contributed by atoms with Gasteiger partial charge in [-0.3, -0.25) is 4.98 Å². The summed E-state index contributed by atoms with van der Waals surface area (Å²) in [7, 11) is 0. The van der Waals surface area contributed by atoms with Crippen LogP contribution in [0, 0.1) is 0 Å². The second-order valence-corrected chi connectivity index (χ2v) is 2.24. The van der Waals surface area contributed by atoms with E-state index in [0.29, 0.717) is 5.88 Å². The Morgan fingerprint density at radius 2 is 2.50 bits per heavy atom. The third-order valence-electron chi connectivity index (χ3n) is 1.09. The zero-order chi connectivity index (χ0) is 7.23. The molecule has 1 heterocycles. The van der Waals surface area contributed by atoms with E-state index in [-0.39, 0.29) is 0 Å². The molecule has 0 amide bonds.